The molecule has 0 bridgehead atoms. The van der Waals surface area contributed by atoms with Crippen LogP contribution in [-0.4, -0.2) is 30.6 Å². The van der Waals surface area contributed by atoms with Gasteiger partial charge in [0.1, 0.15) is 5.75 Å². The highest BCUT2D eigenvalue weighted by molar-refractivity contribution is 5.91. The lowest BCUT2D eigenvalue weighted by molar-refractivity contribution is 0.116. The molecule has 1 aromatic carbocycles. The number of carbonyl (C=O) groups is 1. The number of carbonyl (C=O) groups excluding carboxylic acids is 1. The van der Waals surface area contributed by atoms with Gasteiger partial charge in [0.15, 0.2) is 0 Å². The monoisotopic (exact) mass is 244 g/mol. The zero-order valence-electron chi connectivity index (χ0n) is 10.2. The highest BCUT2D eigenvalue weighted by atomic mass is 16.5. The number of amides is 2. The van der Waals surface area contributed by atoms with Gasteiger partial charge in [0.25, 0.3) is 0 Å². The topological polar surface area (TPSA) is 41.6 Å². The van der Waals surface area contributed by atoms with Gasteiger partial charge < -0.3 is 15.0 Å². The third kappa shape index (κ3) is 1.48. The van der Waals surface area contributed by atoms with Crippen LogP contribution in [0.15, 0.2) is 18.2 Å². The molecule has 94 valence electrons. The Bertz CT molecular complexity index is 515. The molecule has 4 rings (SSSR count). The van der Waals surface area contributed by atoms with Gasteiger partial charge >= 0.3 is 6.03 Å². The number of anilines is 1. The molecule has 0 unspecified atom stereocenters. The number of nitrogens with zero attached hydrogens (tertiary/aromatic N) is 1. The van der Waals surface area contributed by atoms with Crippen LogP contribution >= 0.6 is 0 Å². The Balaban J connectivity index is 1.48. The molecule has 1 saturated heterocycles. The summed E-state index contributed by atoms with van der Waals surface area (Å²) >= 11 is 0. The average Bonchev–Trinajstić information content (AvgIpc) is 2.98. The van der Waals surface area contributed by atoms with Crippen LogP contribution in [0.1, 0.15) is 18.4 Å². The van der Waals surface area contributed by atoms with E-state index in [1.54, 1.807) is 0 Å². The molecule has 0 radical (unpaired) electrons. The van der Waals surface area contributed by atoms with Crippen molar-refractivity contribution in [3.63, 3.8) is 0 Å². The lowest BCUT2D eigenvalue weighted by atomic mass is 9.98. The predicted octanol–water partition coefficient (Wildman–Crippen LogP) is 2.25. The Morgan fingerprint density at radius 3 is 2.94 bits per heavy atom. The van der Waals surface area contributed by atoms with Gasteiger partial charge in [-0.2, -0.15) is 0 Å². The Hall–Kier alpha value is -1.71. The number of ether oxygens (including phenoxy) is 1. The van der Waals surface area contributed by atoms with E-state index in [1.807, 2.05) is 23.1 Å². The molecule has 18 heavy (non-hydrogen) atoms. The lowest BCUT2D eigenvalue weighted by Crippen LogP contribution is -2.53. The summed E-state index contributed by atoms with van der Waals surface area (Å²) in [6.07, 6.45) is 3.48. The van der Waals surface area contributed by atoms with Crippen LogP contribution < -0.4 is 10.1 Å². The molecule has 0 aromatic heterocycles. The van der Waals surface area contributed by atoms with Gasteiger partial charge in [0.2, 0.25) is 0 Å². The van der Waals surface area contributed by atoms with Gasteiger partial charge in [-0.1, -0.05) is 6.07 Å². The zero-order valence-corrected chi connectivity index (χ0v) is 10.2. The van der Waals surface area contributed by atoms with Crippen molar-refractivity contribution < 1.29 is 9.53 Å². The lowest BCUT2D eigenvalue weighted by Gasteiger charge is -2.39. The van der Waals surface area contributed by atoms with E-state index < -0.39 is 0 Å². The highest BCUT2D eigenvalue weighted by Gasteiger charge is 2.53. The van der Waals surface area contributed by atoms with Gasteiger partial charge in [-0.3, -0.25) is 0 Å². The van der Waals surface area contributed by atoms with Crippen LogP contribution in [0.25, 0.3) is 0 Å². The molecule has 2 amide bonds. The van der Waals surface area contributed by atoms with Crippen molar-refractivity contribution in [1.82, 2.24) is 4.90 Å². The van der Waals surface area contributed by atoms with Gasteiger partial charge in [0, 0.05) is 36.2 Å². The zero-order chi connectivity index (χ0) is 12.2. The van der Waals surface area contributed by atoms with Gasteiger partial charge in [-0.15, -0.1) is 0 Å². The summed E-state index contributed by atoms with van der Waals surface area (Å²) < 4.78 is 5.50. The maximum atomic E-state index is 12.1. The molecule has 2 heterocycles. The molecule has 4 nitrogen and oxygen atoms in total. The van der Waals surface area contributed by atoms with Gasteiger partial charge in [-0.25, -0.2) is 4.79 Å². The SMILES string of the molecule is O=C(Nc1cccc2c1CCO2)N1CC2(CC2)C1. The molecule has 1 aromatic rings. The van der Waals surface area contributed by atoms with E-state index in [9.17, 15) is 4.79 Å². The van der Waals surface area contributed by atoms with Crippen molar-refractivity contribution in [3.05, 3.63) is 23.8 Å². The number of likely N-dealkylation sites (tertiary alicyclic amines) is 1. The fraction of sp³-hybridized carbons (Fsp3) is 0.500. The summed E-state index contributed by atoms with van der Waals surface area (Å²) in [6, 6.07) is 5.88. The molecule has 1 N–H and O–H groups in total. The first kappa shape index (κ1) is 10.2. The quantitative estimate of drug-likeness (QED) is 0.823. The first-order chi connectivity index (χ1) is 8.76. The Kier molecular flexibility index (Phi) is 1.93. The number of urea groups is 1. The maximum absolute atomic E-state index is 12.1. The molecule has 4 heteroatoms. The molecule has 2 aliphatic heterocycles. The van der Waals surface area contributed by atoms with Crippen molar-refractivity contribution in [1.29, 1.82) is 0 Å². The van der Waals surface area contributed by atoms with Crippen molar-refractivity contribution in [2.75, 3.05) is 25.0 Å². The van der Waals surface area contributed by atoms with Crippen LogP contribution in [0.2, 0.25) is 0 Å². The number of hydrogen-bond donors (Lipinski definition) is 1. The fourth-order valence-electron chi connectivity index (χ4n) is 2.93. The fourth-order valence-corrected chi connectivity index (χ4v) is 2.93. The number of benzene rings is 1. The van der Waals surface area contributed by atoms with Crippen LogP contribution in [0.4, 0.5) is 10.5 Å². The van der Waals surface area contributed by atoms with Gasteiger partial charge in [-0.05, 0) is 25.0 Å². The summed E-state index contributed by atoms with van der Waals surface area (Å²) in [7, 11) is 0. The second kappa shape index (κ2) is 3.40. The van der Waals surface area contributed by atoms with Crippen LogP contribution in [0.3, 0.4) is 0 Å². The summed E-state index contributed by atoms with van der Waals surface area (Å²) in [5.41, 5.74) is 2.55. The van der Waals surface area contributed by atoms with Crippen molar-refractivity contribution in [2.24, 2.45) is 5.41 Å². The van der Waals surface area contributed by atoms with E-state index in [0.717, 1.165) is 43.1 Å². The van der Waals surface area contributed by atoms with Crippen LogP contribution in [0.5, 0.6) is 5.75 Å². The number of fused-ring (bicyclic) bond motifs is 1. The minimum atomic E-state index is 0.0350. The Morgan fingerprint density at radius 2 is 2.17 bits per heavy atom. The van der Waals surface area contributed by atoms with Crippen molar-refractivity contribution in [3.8, 4) is 5.75 Å². The molecule has 1 aliphatic carbocycles. The number of rotatable bonds is 1. The largest absolute Gasteiger partial charge is 0.493 e. The predicted molar refractivity (Wildman–Crippen MR) is 67.9 cm³/mol. The summed E-state index contributed by atoms with van der Waals surface area (Å²) in [5, 5.41) is 3.02. The van der Waals surface area contributed by atoms with Crippen molar-refractivity contribution >= 4 is 11.7 Å². The van der Waals surface area contributed by atoms with Crippen LogP contribution in [0, 0.1) is 5.41 Å². The standard InChI is InChI=1S/C14H16N2O2/c17-13(16-8-14(9-16)5-6-14)15-11-2-1-3-12-10(11)4-7-18-12/h1-3H,4-9H2,(H,15,17). The summed E-state index contributed by atoms with van der Waals surface area (Å²) in [6.45, 7) is 2.59. The van der Waals surface area contributed by atoms with E-state index in [0.29, 0.717) is 5.41 Å². The Labute approximate surface area is 106 Å². The van der Waals surface area contributed by atoms with Crippen molar-refractivity contribution in [2.45, 2.75) is 19.3 Å². The molecule has 1 saturated carbocycles. The van der Waals surface area contributed by atoms with E-state index in [2.05, 4.69) is 5.32 Å². The summed E-state index contributed by atoms with van der Waals surface area (Å²) in [5.74, 6) is 0.912. The molecule has 2 fully saturated rings. The van der Waals surface area contributed by atoms with E-state index in [-0.39, 0.29) is 6.03 Å². The van der Waals surface area contributed by atoms with E-state index in [4.69, 9.17) is 4.74 Å². The highest BCUT2D eigenvalue weighted by Crippen LogP contribution is 2.52. The summed E-state index contributed by atoms with van der Waals surface area (Å²) in [4.78, 5) is 14.0. The first-order valence-corrected chi connectivity index (χ1v) is 6.56. The third-order valence-corrected chi connectivity index (χ3v) is 4.28. The number of hydrogen-bond acceptors (Lipinski definition) is 2. The maximum Gasteiger partial charge on any atom is 0.321 e. The molecular weight excluding hydrogens is 228 g/mol. The van der Waals surface area contributed by atoms with E-state index in [1.165, 1.54) is 12.8 Å². The average molecular weight is 244 g/mol. The second-order valence-corrected chi connectivity index (χ2v) is 5.67. The minimum absolute atomic E-state index is 0.0350. The molecule has 1 spiro atoms. The van der Waals surface area contributed by atoms with Crippen LogP contribution in [-0.2, 0) is 6.42 Å². The number of nitrogens with one attached hydrogen (secondary N) is 1. The second-order valence-electron chi connectivity index (χ2n) is 5.67. The smallest absolute Gasteiger partial charge is 0.321 e. The normalized spacial score (nSPS) is 22.1. The molecule has 3 aliphatic rings. The Morgan fingerprint density at radius 1 is 1.33 bits per heavy atom. The van der Waals surface area contributed by atoms with Gasteiger partial charge in [0.05, 0.1) is 6.61 Å². The van der Waals surface area contributed by atoms with E-state index >= 15 is 0 Å². The molecular formula is C14H16N2O2. The third-order valence-electron chi connectivity index (χ3n) is 4.28. The molecule has 0 atom stereocenters. The minimum Gasteiger partial charge on any atom is -0.493 e. The first-order valence-electron chi connectivity index (χ1n) is 6.56.